The molecule has 2 aromatic rings. The Bertz CT molecular complexity index is 680. The quantitative estimate of drug-likeness (QED) is 0.823. The van der Waals surface area contributed by atoms with Gasteiger partial charge in [0.15, 0.2) is 5.11 Å². The van der Waals surface area contributed by atoms with Crippen LogP contribution in [0.15, 0.2) is 48.5 Å². The fourth-order valence-corrected chi connectivity index (χ4v) is 2.00. The summed E-state index contributed by atoms with van der Waals surface area (Å²) in [4.78, 5) is 11.0. The van der Waals surface area contributed by atoms with Crippen LogP contribution in [0.2, 0.25) is 5.02 Å². The maximum Gasteiger partial charge on any atom is 0.413 e. The third-order valence-electron chi connectivity index (χ3n) is 2.56. The highest BCUT2D eigenvalue weighted by molar-refractivity contribution is 7.80. The van der Waals surface area contributed by atoms with Gasteiger partial charge in [-0.2, -0.15) is 0 Å². The molecule has 0 aromatic heterocycles. The SMILES string of the molecule is COC(=O)NC(=S)Nc1ccc(Oc2ccccc2)c(Cl)c1. The first-order valence-corrected chi connectivity index (χ1v) is 7.05. The van der Waals surface area contributed by atoms with Gasteiger partial charge in [0.05, 0.1) is 12.1 Å². The predicted molar refractivity (Wildman–Crippen MR) is 89.7 cm³/mol. The molecule has 0 spiro atoms. The molecule has 0 heterocycles. The second-order valence-electron chi connectivity index (χ2n) is 4.13. The average molecular weight is 337 g/mol. The lowest BCUT2D eigenvalue weighted by Gasteiger charge is -2.11. The highest BCUT2D eigenvalue weighted by atomic mass is 35.5. The van der Waals surface area contributed by atoms with Crippen LogP contribution >= 0.6 is 23.8 Å². The molecular formula is C15H13ClN2O3S. The molecule has 1 amide bonds. The number of amides is 1. The van der Waals surface area contributed by atoms with E-state index in [1.54, 1.807) is 18.2 Å². The number of thiocarbonyl (C=S) groups is 1. The zero-order valence-electron chi connectivity index (χ0n) is 11.6. The van der Waals surface area contributed by atoms with E-state index in [0.717, 1.165) is 0 Å². The number of para-hydroxylation sites is 1. The minimum absolute atomic E-state index is 0.111. The third kappa shape index (κ3) is 4.61. The lowest BCUT2D eigenvalue weighted by molar-refractivity contribution is 0.177. The molecule has 0 aliphatic rings. The van der Waals surface area contributed by atoms with Gasteiger partial charge in [-0.3, -0.25) is 5.32 Å². The number of rotatable bonds is 3. The number of carbonyl (C=O) groups excluding carboxylic acids is 1. The van der Waals surface area contributed by atoms with Gasteiger partial charge in [-0.25, -0.2) is 4.79 Å². The molecule has 2 N–H and O–H groups in total. The average Bonchev–Trinajstić information content (AvgIpc) is 2.51. The normalized spacial score (nSPS) is 9.73. The summed E-state index contributed by atoms with van der Waals surface area (Å²) in [5, 5.41) is 5.68. The standard InChI is InChI=1S/C15H13ClN2O3S/c1-20-15(19)18-14(22)17-10-7-8-13(12(16)9-10)21-11-5-3-2-4-6-11/h2-9H,1H3,(H2,17,18,19,22). The first-order valence-electron chi connectivity index (χ1n) is 6.27. The van der Waals surface area contributed by atoms with Gasteiger partial charge in [0.25, 0.3) is 0 Å². The van der Waals surface area contributed by atoms with Crippen molar-refractivity contribution >= 4 is 40.7 Å². The zero-order chi connectivity index (χ0) is 15.9. The van der Waals surface area contributed by atoms with Crippen molar-refractivity contribution in [3.63, 3.8) is 0 Å². The van der Waals surface area contributed by atoms with Crippen LogP contribution in [0, 0.1) is 0 Å². The number of hydrogen-bond acceptors (Lipinski definition) is 4. The summed E-state index contributed by atoms with van der Waals surface area (Å²) in [5.74, 6) is 1.21. The smallest absolute Gasteiger partial charge is 0.413 e. The molecule has 0 radical (unpaired) electrons. The third-order valence-corrected chi connectivity index (χ3v) is 3.06. The van der Waals surface area contributed by atoms with Gasteiger partial charge in [-0.05, 0) is 42.5 Å². The Morgan fingerprint density at radius 3 is 2.55 bits per heavy atom. The fourth-order valence-electron chi connectivity index (χ4n) is 1.58. The topological polar surface area (TPSA) is 59.6 Å². The van der Waals surface area contributed by atoms with Crippen molar-refractivity contribution in [2.24, 2.45) is 0 Å². The molecule has 2 rings (SSSR count). The molecular weight excluding hydrogens is 324 g/mol. The van der Waals surface area contributed by atoms with Crippen molar-refractivity contribution in [2.45, 2.75) is 0 Å². The Morgan fingerprint density at radius 1 is 1.18 bits per heavy atom. The maximum atomic E-state index is 11.0. The largest absolute Gasteiger partial charge is 0.456 e. The molecule has 2 aromatic carbocycles. The molecule has 0 saturated carbocycles. The zero-order valence-corrected chi connectivity index (χ0v) is 13.2. The summed E-state index contributed by atoms with van der Waals surface area (Å²) < 4.78 is 10.1. The summed E-state index contributed by atoms with van der Waals surface area (Å²) in [6.45, 7) is 0. The molecule has 0 atom stereocenters. The molecule has 0 bridgehead atoms. The first kappa shape index (κ1) is 16.1. The van der Waals surface area contributed by atoms with E-state index in [9.17, 15) is 4.79 Å². The Hall–Kier alpha value is -2.31. The van der Waals surface area contributed by atoms with Crippen LogP contribution in [0.5, 0.6) is 11.5 Å². The van der Waals surface area contributed by atoms with Crippen LogP contribution in [0.1, 0.15) is 0 Å². The van der Waals surface area contributed by atoms with Gasteiger partial charge in [-0.1, -0.05) is 29.8 Å². The van der Waals surface area contributed by atoms with Crippen LogP contribution < -0.4 is 15.4 Å². The van der Waals surface area contributed by atoms with E-state index in [0.29, 0.717) is 22.2 Å². The molecule has 114 valence electrons. The van der Waals surface area contributed by atoms with E-state index in [1.807, 2.05) is 30.3 Å². The van der Waals surface area contributed by atoms with Gasteiger partial charge in [-0.15, -0.1) is 0 Å². The summed E-state index contributed by atoms with van der Waals surface area (Å²) in [6.07, 6.45) is -0.646. The number of benzene rings is 2. The van der Waals surface area contributed by atoms with E-state index in [2.05, 4.69) is 15.4 Å². The molecule has 0 saturated heterocycles. The van der Waals surface area contributed by atoms with Crippen LogP contribution in [0.25, 0.3) is 0 Å². The fraction of sp³-hybridized carbons (Fsp3) is 0.0667. The van der Waals surface area contributed by atoms with Gasteiger partial charge >= 0.3 is 6.09 Å². The minimum atomic E-state index is -0.646. The number of carbonyl (C=O) groups is 1. The van der Waals surface area contributed by atoms with Gasteiger partial charge in [0.1, 0.15) is 11.5 Å². The first-order chi connectivity index (χ1) is 10.6. The second-order valence-corrected chi connectivity index (χ2v) is 4.95. The number of hydrogen-bond donors (Lipinski definition) is 2. The van der Waals surface area contributed by atoms with Crippen molar-refractivity contribution in [1.82, 2.24) is 5.32 Å². The number of anilines is 1. The van der Waals surface area contributed by atoms with E-state index >= 15 is 0 Å². The monoisotopic (exact) mass is 336 g/mol. The highest BCUT2D eigenvalue weighted by Gasteiger charge is 2.07. The summed E-state index contributed by atoms with van der Waals surface area (Å²) in [7, 11) is 1.25. The minimum Gasteiger partial charge on any atom is -0.456 e. The molecule has 5 nitrogen and oxygen atoms in total. The Labute approximate surface area is 138 Å². The molecule has 22 heavy (non-hydrogen) atoms. The van der Waals surface area contributed by atoms with Crippen molar-refractivity contribution in [3.05, 3.63) is 53.6 Å². The van der Waals surface area contributed by atoms with E-state index in [-0.39, 0.29) is 5.11 Å². The molecule has 0 aliphatic heterocycles. The second kappa shape index (κ2) is 7.63. The summed E-state index contributed by atoms with van der Waals surface area (Å²) in [5.41, 5.74) is 0.617. The summed E-state index contributed by atoms with van der Waals surface area (Å²) >= 11 is 11.1. The van der Waals surface area contributed by atoms with Crippen molar-refractivity contribution in [3.8, 4) is 11.5 Å². The summed E-state index contributed by atoms with van der Waals surface area (Å²) in [6, 6.07) is 14.4. The molecule has 0 fully saturated rings. The number of halogens is 1. The number of methoxy groups -OCH3 is 1. The van der Waals surface area contributed by atoms with E-state index < -0.39 is 6.09 Å². The van der Waals surface area contributed by atoms with Gasteiger partial charge < -0.3 is 14.8 Å². The highest BCUT2D eigenvalue weighted by Crippen LogP contribution is 2.31. The van der Waals surface area contributed by atoms with Crippen molar-refractivity contribution < 1.29 is 14.3 Å². The lowest BCUT2D eigenvalue weighted by Crippen LogP contribution is -2.33. The predicted octanol–water partition coefficient (Wildman–Crippen LogP) is 4.19. The van der Waals surface area contributed by atoms with Gasteiger partial charge in [0, 0.05) is 5.69 Å². The van der Waals surface area contributed by atoms with E-state index in [1.165, 1.54) is 7.11 Å². The number of nitrogens with one attached hydrogen (secondary N) is 2. The molecule has 7 heteroatoms. The number of ether oxygens (including phenoxy) is 2. The molecule has 0 unspecified atom stereocenters. The van der Waals surface area contributed by atoms with Crippen LogP contribution in [-0.4, -0.2) is 18.3 Å². The Balaban J connectivity index is 2.03. The number of alkyl carbamates (subject to hydrolysis) is 1. The maximum absolute atomic E-state index is 11.0. The van der Waals surface area contributed by atoms with Gasteiger partial charge in [0.2, 0.25) is 0 Å². The molecule has 0 aliphatic carbocycles. The van der Waals surface area contributed by atoms with E-state index in [4.69, 9.17) is 28.6 Å². The van der Waals surface area contributed by atoms with Crippen LogP contribution in [0.4, 0.5) is 10.5 Å². The lowest BCUT2D eigenvalue weighted by atomic mass is 10.3. The Kier molecular flexibility index (Phi) is 5.57. The van der Waals surface area contributed by atoms with Crippen molar-refractivity contribution in [2.75, 3.05) is 12.4 Å². The van der Waals surface area contributed by atoms with Crippen LogP contribution in [0.3, 0.4) is 0 Å². The Morgan fingerprint density at radius 2 is 1.91 bits per heavy atom. The van der Waals surface area contributed by atoms with Crippen molar-refractivity contribution in [1.29, 1.82) is 0 Å². The van der Waals surface area contributed by atoms with Crippen LogP contribution in [-0.2, 0) is 4.74 Å².